The van der Waals surface area contributed by atoms with Gasteiger partial charge in [0.25, 0.3) is 0 Å². The Kier molecular flexibility index (Phi) is 8.69. The highest BCUT2D eigenvalue weighted by atomic mass is 16.6. The van der Waals surface area contributed by atoms with Crippen LogP contribution in [-0.2, 0) is 14.3 Å². The number of rotatable bonds is 10. The minimum Gasteiger partial charge on any atom is -0.493 e. The number of morpholine rings is 1. The Morgan fingerprint density at radius 1 is 1.18 bits per heavy atom. The standard InChI is InChI=1S/C24H28N2O8/c1-16(27)19-7-8-20(30-2)24(31-3)23(19)34-15-18-14-26(10-12-33-18)22(29)13-25-21(28)9-6-17-5-4-11-32-17/h4-9,11,18H,10,12-15H2,1-3H3,(H,25,28). The topological polar surface area (TPSA) is 117 Å². The summed E-state index contributed by atoms with van der Waals surface area (Å²) in [5.41, 5.74) is 0.353. The van der Waals surface area contributed by atoms with E-state index in [4.69, 9.17) is 23.4 Å². The maximum atomic E-state index is 12.6. The summed E-state index contributed by atoms with van der Waals surface area (Å²) >= 11 is 0. The fourth-order valence-corrected chi connectivity index (χ4v) is 3.42. The maximum absolute atomic E-state index is 12.6. The number of carbonyl (C=O) groups excluding carboxylic acids is 3. The molecule has 0 radical (unpaired) electrons. The smallest absolute Gasteiger partial charge is 0.244 e. The lowest BCUT2D eigenvalue weighted by Crippen LogP contribution is -2.50. The molecule has 10 heteroatoms. The molecule has 1 unspecified atom stereocenters. The van der Waals surface area contributed by atoms with Gasteiger partial charge in [-0.2, -0.15) is 0 Å². The molecule has 0 aliphatic carbocycles. The van der Waals surface area contributed by atoms with Crippen molar-refractivity contribution in [1.29, 1.82) is 0 Å². The molecular weight excluding hydrogens is 444 g/mol. The van der Waals surface area contributed by atoms with Crippen molar-refractivity contribution in [1.82, 2.24) is 10.2 Å². The summed E-state index contributed by atoms with van der Waals surface area (Å²) in [7, 11) is 2.96. The van der Waals surface area contributed by atoms with E-state index in [1.165, 1.54) is 39.6 Å². The predicted molar refractivity (Wildman–Crippen MR) is 122 cm³/mol. The molecule has 1 fully saturated rings. The minimum atomic E-state index is -0.428. The molecule has 1 atom stereocenters. The van der Waals surface area contributed by atoms with Crippen molar-refractivity contribution in [2.24, 2.45) is 0 Å². The summed E-state index contributed by atoms with van der Waals surface area (Å²) in [5.74, 6) is 0.713. The van der Waals surface area contributed by atoms with Crippen molar-refractivity contribution in [2.75, 3.05) is 47.1 Å². The van der Waals surface area contributed by atoms with Gasteiger partial charge in [-0.3, -0.25) is 14.4 Å². The van der Waals surface area contributed by atoms with Crippen molar-refractivity contribution in [3.63, 3.8) is 0 Å². The Bertz CT molecular complexity index is 1030. The second-order valence-electron chi connectivity index (χ2n) is 7.44. The van der Waals surface area contributed by atoms with Gasteiger partial charge in [0.2, 0.25) is 17.6 Å². The first kappa shape index (κ1) is 24.8. The monoisotopic (exact) mass is 472 g/mol. The molecule has 0 saturated carbocycles. The van der Waals surface area contributed by atoms with Gasteiger partial charge in [-0.15, -0.1) is 0 Å². The van der Waals surface area contributed by atoms with Gasteiger partial charge in [0, 0.05) is 12.6 Å². The Hall–Kier alpha value is -3.79. The van der Waals surface area contributed by atoms with Crippen LogP contribution in [0.4, 0.5) is 0 Å². The number of amides is 2. The van der Waals surface area contributed by atoms with Gasteiger partial charge >= 0.3 is 0 Å². The van der Waals surface area contributed by atoms with Crippen LogP contribution in [0.2, 0.25) is 0 Å². The summed E-state index contributed by atoms with van der Waals surface area (Å²) in [6.07, 6.45) is 3.90. The molecule has 34 heavy (non-hydrogen) atoms. The lowest BCUT2D eigenvalue weighted by molar-refractivity contribution is -0.140. The van der Waals surface area contributed by atoms with E-state index >= 15 is 0 Å². The normalized spacial score (nSPS) is 15.7. The zero-order chi connectivity index (χ0) is 24.5. The summed E-state index contributed by atoms with van der Waals surface area (Å²) in [4.78, 5) is 38.2. The molecule has 1 saturated heterocycles. The highest BCUT2D eigenvalue weighted by Gasteiger charge is 2.26. The van der Waals surface area contributed by atoms with Gasteiger partial charge in [-0.25, -0.2) is 0 Å². The number of nitrogens with zero attached hydrogens (tertiary/aromatic N) is 1. The molecule has 10 nitrogen and oxygen atoms in total. The van der Waals surface area contributed by atoms with Gasteiger partial charge in [0.05, 0.1) is 45.7 Å². The second-order valence-corrected chi connectivity index (χ2v) is 7.44. The van der Waals surface area contributed by atoms with Crippen LogP contribution in [0, 0.1) is 0 Å². The van der Waals surface area contributed by atoms with Crippen LogP contribution >= 0.6 is 0 Å². The summed E-state index contributed by atoms with van der Waals surface area (Å²) in [5, 5.41) is 2.56. The van der Waals surface area contributed by atoms with Crippen molar-refractivity contribution in [3.8, 4) is 17.2 Å². The average molecular weight is 472 g/mol. The number of hydrogen-bond acceptors (Lipinski definition) is 8. The number of Topliss-reactive ketones (excluding diaryl/α,β-unsaturated/α-hetero) is 1. The summed E-state index contributed by atoms with van der Waals surface area (Å²) < 4.78 is 27.5. The van der Waals surface area contributed by atoms with E-state index < -0.39 is 12.0 Å². The molecule has 182 valence electrons. The lowest BCUT2D eigenvalue weighted by Gasteiger charge is -2.33. The van der Waals surface area contributed by atoms with Crippen molar-refractivity contribution >= 4 is 23.7 Å². The van der Waals surface area contributed by atoms with Crippen molar-refractivity contribution in [2.45, 2.75) is 13.0 Å². The quantitative estimate of drug-likeness (QED) is 0.412. The van der Waals surface area contributed by atoms with Crippen LogP contribution < -0.4 is 19.5 Å². The largest absolute Gasteiger partial charge is 0.493 e. The van der Waals surface area contributed by atoms with Crippen LogP contribution in [0.3, 0.4) is 0 Å². The number of carbonyl (C=O) groups is 3. The van der Waals surface area contributed by atoms with Crippen LogP contribution in [0.25, 0.3) is 6.08 Å². The molecule has 2 amide bonds. The molecule has 0 spiro atoms. The SMILES string of the molecule is COc1ccc(C(C)=O)c(OCC2CN(C(=O)CNC(=O)C=Cc3ccco3)CCO2)c1OC. The molecular formula is C24H28N2O8. The zero-order valence-corrected chi connectivity index (χ0v) is 19.4. The molecule has 2 heterocycles. The fourth-order valence-electron chi connectivity index (χ4n) is 3.42. The number of nitrogens with one attached hydrogen (secondary N) is 1. The summed E-state index contributed by atoms with van der Waals surface area (Å²) in [6, 6.07) is 6.67. The Morgan fingerprint density at radius 3 is 2.68 bits per heavy atom. The molecule has 1 aromatic heterocycles. The Labute approximate surface area is 197 Å². The number of ketones is 1. The van der Waals surface area contributed by atoms with Gasteiger partial charge in [-0.05, 0) is 37.3 Å². The third-order valence-electron chi connectivity index (χ3n) is 5.14. The summed E-state index contributed by atoms with van der Waals surface area (Å²) in [6.45, 7) is 2.37. The first-order valence-corrected chi connectivity index (χ1v) is 10.7. The van der Waals surface area contributed by atoms with Crippen LogP contribution in [-0.4, -0.2) is 75.7 Å². The number of benzene rings is 1. The molecule has 0 bridgehead atoms. The predicted octanol–water partition coefficient (Wildman–Crippen LogP) is 1.94. The van der Waals surface area contributed by atoms with Crippen molar-refractivity contribution in [3.05, 3.63) is 47.9 Å². The van der Waals surface area contributed by atoms with Gasteiger partial charge in [-0.1, -0.05) is 0 Å². The molecule has 3 rings (SSSR count). The maximum Gasteiger partial charge on any atom is 0.244 e. The molecule has 2 aromatic rings. The van der Waals surface area contributed by atoms with E-state index in [0.29, 0.717) is 36.0 Å². The lowest BCUT2D eigenvalue weighted by atomic mass is 10.1. The molecule has 1 aliphatic rings. The van der Waals surface area contributed by atoms with Crippen LogP contribution in [0.15, 0.2) is 41.0 Å². The van der Waals surface area contributed by atoms with Gasteiger partial charge < -0.3 is 33.6 Å². The average Bonchev–Trinajstić information content (AvgIpc) is 3.37. The number of ether oxygens (including phenoxy) is 4. The first-order chi connectivity index (χ1) is 16.4. The van der Waals surface area contributed by atoms with E-state index in [9.17, 15) is 14.4 Å². The second kappa shape index (κ2) is 11.9. The van der Waals surface area contributed by atoms with Crippen molar-refractivity contribution < 1.29 is 37.7 Å². The third-order valence-corrected chi connectivity index (χ3v) is 5.14. The molecule has 1 N–H and O–H groups in total. The highest BCUT2D eigenvalue weighted by Crippen LogP contribution is 2.40. The highest BCUT2D eigenvalue weighted by molar-refractivity contribution is 5.98. The zero-order valence-electron chi connectivity index (χ0n) is 19.4. The van der Waals surface area contributed by atoms with E-state index in [2.05, 4.69) is 5.32 Å². The van der Waals surface area contributed by atoms with Crippen LogP contribution in [0.1, 0.15) is 23.0 Å². The minimum absolute atomic E-state index is 0.0891. The van der Waals surface area contributed by atoms with E-state index in [1.54, 1.807) is 29.2 Å². The molecule has 1 aliphatic heterocycles. The van der Waals surface area contributed by atoms with Gasteiger partial charge in [0.1, 0.15) is 18.5 Å². The Morgan fingerprint density at radius 2 is 2.00 bits per heavy atom. The van der Waals surface area contributed by atoms with Crippen LogP contribution in [0.5, 0.6) is 17.2 Å². The fraction of sp³-hybridized carbons (Fsp3) is 0.375. The number of methoxy groups -OCH3 is 2. The van der Waals surface area contributed by atoms with E-state index in [-0.39, 0.29) is 37.1 Å². The van der Waals surface area contributed by atoms with E-state index in [0.717, 1.165) is 0 Å². The third kappa shape index (κ3) is 6.38. The first-order valence-electron chi connectivity index (χ1n) is 10.7. The van der Waals surface area contributed by atoms with Gasteiger partial charge in [0.15, 0.2) is 17.3 Å². The molecule has 1 aromatic carbocycles. The number of furan rings is 1. The Balaban J connectivity index is 1.55. The number of hydrogen-bond donors (Lipinski definition) is 1. The van der Waals surface area contributed by atoms with E-state index in [1.807, 2.05) is 0 Å².